The summed E-state index contributed by atoms with van der Waals surface area (Å²) in [5.41, 5.74) is 2.27. The number of amides is 1. The van der Waals surface area contributed by atoms with Crippen LogP contribution < -0.4 is 5.32 Å². The average Bonchev–Trinajstić information content (AvgIpc) is 2.97. The highest BCUT2D eigenvalue weighted by Gasteiger charge is 2.20. The minimum Gasteiger partial charge on any atom is -0.396 e. The van der Waals surface area contributed by atoms with Crippen molar-refractivity contribution in [2.24, 2.45) is 5.92 Å². The van der Waals surface area contributed by atoms with Crippen LogP contribution in [0.3, 0.4) is 0 Å². The van der Waals surface area contributed by atoms with E-state index >= 15 is 0 Å². The van der Waals surface area contributed by atoms with Gasteiger partial charge in [0.05, 0.1) is 24.0 Å². The Bertz CT molecular complexity index is 622. The molecule has 2 heterocycles. The van der Waals surface area contributed by atoms with Crippen LogP contribution in [0.15, 0.2) is 18.2 Å². The summed E-state index contributed by atoms with van der Waals surface area (Å²) in [5, 5.41) is 12.0. The summed E-state index contributed by atoms with van der Waals surface area (Å²) >= 11 is 1.15. The lowest BCUT2D eigenvalue weighted by molar-refractivity contribution is -0.117. The molecule has 3 rings (SSSR count). The molecular formula is C14H18N4O2S. The fourth-order valence-corrected chi connectivity index (χ4v) is 3.18. The lowest BCUT2D eigenvalue weighted by atomic mass is 9.98. The maximum Gasteiger partial charge on any atom is 0.238 e. The summed E-state index contributed by atoms with van der Waals surface area (Å²) in [4.78, 5) is 14.3. The van der Waals surface area contributed by atoms with Crippen LogP contribution in [0, 0.1) is 5.92 Å². The van der Waals surface area contributed by atoms with Crippen LogP contribution in [-0.4, -0.2) is 50.9 Å². The zero-order valence-electron chi connectivity index (χ0n) is 11.7. The van der Waals surface area contributed by atoms with Gasteiger partial charge in [-0.25, -0.2) is 0 Å². The molecule has 1 aromatic heterocycles. The van der Waals surface area contributed by atoms with Gasteiger partial charge in [0.2, 0.25) is 5.91 Å². The Morgan fingerprint density at radius 2 is 2.19 bits per heavy atom. The van der Waals surface area contributed by atoms with E-state index in [1.165, 1.54) is 0 Å². The number of hydrogen-bond donors (Lipinski definition) is 2. The molecule has 0 radical (unpaired) electrons. The van der Waals surface area contributed by atoms with Gasteiger partial charge in [-0.3, -0.25) is 9.69 Å². The molecule has 0 unspecified atom stereocenters. The molecule has 1 saturated heterocycles. The fraction of sp³-hybridized carbons (Fsp3) is 0.500. The molecule has 0 saturated carbocycles. The molecule has 0 atom stereocenters. The number of aliphatic hydroxyl groups is 1. The highest BCUT2D eigenvalue weighted by molar-refractivity contribution is 7.00. The van der Waals surface area contributed by atoms with Gasteiger partial charge in [-0.15, -0.1) is 0 Å². The molecule has 1 aromatic carbocycles. The number of benzene rings is 1. The van der Waals surface area contributed by atoms with Crippen LogP contribution >= 0.6 is 11.7 Å². The molecule has 2 aromatic rings. The van der Waals surface area contributed by atoms with Gasteiger partial charge in [0, 0.05) is 6.61 Å². The topological polar surface area (TPSA) is 78.4 Å². The molecule has 1 fully saturated rings. The first-order chi connectivity index (χ1) is 10.3. The van der Waals surface area contributed by atoms with Gasteiger partial charge in [-0.05, 0) is 44.0 Å². The Morgan fingerprint density at radius 1 is 1.38 bits per heavy atom. The Labute approximate surface area is 127 Å². The molecule has 112 valence electrons. The van der Waals surface area contributed by atoms with E-state index in [9.17, 15) is 4.79 Å². The molecule has 1 amide bonds. The molecule has 1 aliphatic heterocycles. The Morgan fingerprint density at radius 3 is 2.95 bits per heavy atom. The second kappa shape index (κ2) is 6.46. The minimum absolute atomic E-state index is 0.0297. The summed E-state index contributed by atoms with van der Waals surface area (Å²) in [7, 11) is 0. The van der Waals surface area contributed by atoms with Crippen molar-refractivity contribution in [1.82, 2.24) is 13.6 Å². The van der Waals surface area contributed by atoms with Crippen LogP contribution in [0.1, 0.15) is 12.8 Å². The maximum atomic E-state index is 12.2. The number of carbonyl (C=O) groups excluding carboxylic acids is 1. The van der Waals surface area contributed by atoms with Crippen molar-refractivity contribution in [2.75, 3.05) is 31.6 Å². The maximum absolute atomic E-state index is 12.2. The molecule has 7 heteroatoms. The monoisotopic (exact) mass is 306 g/mol. The number of carbonyl (C=O) groups is 1. The van der Waals surface area contributed by atoms with Gasteiger partial charge in [0.1, 0.15) is 11.0 Å². The van der Waals surface area contributed by atoms with Gasteiger partial charge < -0.3 is 10.4 Å². The number of aliphatic hydroxyl groups excluding tert-OH is 1. The molecule has 0 aliphatic carbocycles. The van der Waals surface area contributed by atoms with Gasteiger partial charge in [-0.1, -0.05) is 6.07 Å². The van der Waals surface area contributed by atoms with Crippen LogP contribution in [0.2, 0.25) is 0 Å². The predicted molar refractivity (Wildman–Crippen MR) is 82.3 cm³/mol. The van der Waals surface area contributed by atoms with Gasteiger partial charge in [0.25, 0.3) is 0 Å². The van der Waals surface area contributed by atoms with Crippen molar-refractivity contribution in [3.05, 3.63) is 18.2 Å². The molecule has 21 heavy (non-hydrogen) atoms. The van der Waals surface area contributed by atoms with E-state index < -0.39 is 0 Å². The first-order valence-corrected chi connectivity index (χ1v) is 7.83. The van der Waals surface area contributed by atoms with Crippen LogP contribution in [0.4, 0.5) is 5.69 Å². The number of likely N-dealkylation sites (tertiary alicyclic amines) is 1. The smallest absolute Gasteiger partial charge is 0.238 e. The minimum atomic E-state index is -0.0297. The standard InChI is InChI=1S/C14H18N4O2S/c19-9-10-4-6-18(7-5-10)8-13(20)15-11-2-1-3-12-14(11)17-21-16-12/h1-3,10,19H,4-9H2,(H,15,20). The molecule has 0 bridgehead atoms. The molecule has 1 aliphatic rings. The molecular weight excluding hydrogens is 288 g/mol. The zero-order chi connectivity index (χ0) is 14.7. The highest BCUT2D eigenvalue weighted by Crippen LogP contribution is 2.21. The van der Waals surface area contributed by atoms with Crippen LogP contribution in [-0.2, 0) is 4.79 Å². The number of hydrogen-bond acceptors (Lipinski definition) is 6. The van der Waals surface area contributed by atoms with Crippen molar-refractivity contribution >= 4 is 34.4 Å². The Balaban J connectivity index is 1.58. The number of rotatable bonds is 4. The predicted octanol–water partition coefficient (Wildman–Crippen LogP) is 1.33. The summed E-state index contributed by atoms with van der Waals surface area (Å²) in [5.74, 6) is 0.358. The van der Waals surface area contributed by atoms with Crippen molar-refractivity contribution < 1.29 is 9.90 Å². The number of piperidine rings is 1. The van der Waals surface area contributed by atoms with E-state index in [4.69, 9.17) is 5.11 Å². The van der Waals surface area contributed by atoms with E-state index in [0.717, 1.165) is 54.4 Å². The second-order valence-corrected chi connectivity index (χ2v) is 5.92. The lowest BCUT2D eigenvalue weighted by Gasteiger charge is -2.30. The Kier molecular flexibility index (Phi) is 4.42. The molecule has 0 spiro atoms. The summed E-state index contributed by atoms with van der Waals surface area (Å²) in [6, 6.07) is 5.60. The first-order valence-electron chi connectivity index (χ1n) is 7.10. The van der Waals surface area contributed by atoms with E-state index in [-0.39, 0.29) is 12.5 Å². The Hall–Kier alpha value is -1.57. The average molecular weight is 306 g/mol. The number of fused-ring (bicyclic) bond motifs is 1. The van der Waals surface area contributed by atoms with Crippen LogP contribution in [0.25, 0.3) is 11.0 Å². The number of nitrogens with one attached hydrogen (secondary N) is 1. The normalized spacial score (nSPS) is 17.2. The number of aromatic nitrogens is 2. The zero-order valence-corrected chi connectivity index (χ0v) is 12.5. The van der Waals surface area contributed by atoms with E-state index in [0.29, 0.717) is 12.5 Å². The van der Waals surface area contributed by atoms with Crippen molar-refractivity contribution in [3.63, 3.8) is 0 Å². The third-order valence-corrected chi connectivity index (χ3v) is 4.44. The van der Waals surface area contributed by atoms with Crippen molar-refractivity contribution in [3.8, 4) is 0 Å². The third kappa shape index (κ3) is 3.37. The van der Waals surface area contributed by atoms with Crippen molar-refractivity contribution in [1.29, 1.82) is 0 Å². The van der Waals surface area contributed by atoms with Gasteiger partial charge in [0.15, 0.2) is 0 Å². The van der Waals surface area contributed by atoms with Crippen molar-refractivity contribution in [2.45, 2.75) is 12.8 Å². The molecule has 6 nitrogen and oxygen atoms in total. The van der Waals surface area contributed by atoms with Gasteiger partial charge >= 0.3 is 0 Å². The summed E-state index contributed by atoms with van der Waals surface area (Å²) < 4.78 is 8.38. The molecule has 2 N–H and O–H groups in total. The number of nitrogens with zero attached hydrogens (tertiary/aromatic N) is 3. The van der Waals surface area contributed by atoms with E-state index in [1.807, 2.05) is 18.2 Å². The highest BCUT2D eigenvalue weighted by atomic mass is 32.1. The second-order valence-electron chi connectivity index (χ2n) is 5.39. The first kappa shape index (κ1) is 14.4. The van der Waals surface area contributed by atoms with Crippen LogP contribution in [0.5, 0.6) is 0 Å². The number of anilines is 1. The summed E-state index contributed by atoms with van der Waals surface area (Å²) in [6.45, 7) is 2.35. The third-order valence-electron chi connectivity index (χ3n) is 3.89. The van der Waals surface area contributed by atoms with E-state index in [1.54, 1.807) is 0 Å². The van der Waals surface area contributed by atoms with E-state index in [2.05, 4.69) is 19.0 Å². The quantitative estimate of drug-likeness (QED) is 0.891. The van der Waals surface area contributed by atoms with Gasteiger partial charge in [-0.2, -0.15) is 8.75 Å². The summed E-state index contributed by atoms with van der Waals surface area (Å²) in [6.07, 6.45) is 1.91. The largest absolute Gasteiger partial charge is 0.396 e. The SMILES string of the molecule is O=C(CN1CCC(CO)CC1)Nc1cccc2nsnc12. The fourth-order valence-electron chi connectivity index (χ4n) is 2.63. The lowest BCUT2D eigenvalue weighted by Crippen LogP contribution is -2.39.